The predicted molar refractivity (Wildman–Crippen MR) is 81.8 cm³/mol. The summed E-state index contributed by atoms with van der Waals surface area (Å²) < 4.78 is 5.60. The van der Waals surface area contributed by atoms with Crippen LogP contribution in [0.25, 0.3) is 0 Å². The van der Waals surface area contributed by atoms with Crippen LogP contribution in [-0.4, -0.2) is 41.3 Å². The van der Waals surface area contributed by atoms with Crippen LogP contribution < -0.4 is 10.5 Å². The summed E-state index contributed by atoms with van der Waals surface area (Å²) in [6.45, 7) is 5.48. The molecule has 1 aliphatic rings. The molecule has 0 aromatic heterocycles. The summed E-state index contributed by atoms with van der Waals surface area (Å²) in [6, 6.07) is 8.35. The molecule has 112 valence electrons. The Hall–Kier alpha value is -1.26. The van der Waals surface area contributed by atoms with E-state index < -0.39 is 6.10 Å². The molecule has 1 aliphatic heterocycles. The van der Waals surface area contributed by atoms with Gasteiger partial charge in [-0.2, -0.15) is 0 Å². The number of ether oxygens (including phenoxy) is 1. The number of β-amino-alcohol motifs (C(OH)–C–C–N with tert-alkyl or cyclic N) is 1. The lowest BCUT2D eigenvalue weighted by molar-refractivity contribution is 0.0209. The first-order chi connectivity index (χ1) is 9.56. The second-order valence-corrected chi connectivity index (χ2v) is 5.86. The third-order valence-electron chi connectivity index (χ3n) is 4.12. The first kappa shape index (κ1) is 15.1. The van der Waals surface area contributed by atoms with E-state index in [0.29, 0.717) is 30.9 Å². The Balaban J connectivity index is 1.79. The van der Waals surface area contributed by atoms with Crippen LogP contribution in [0.3, 0.4) is 0 Å². The summed E-state index contributed by atoms with van der Waals surface area (Å²) in [5, 5.41) is 10.2. The minimum absolute atomic E-state index is 0.319. The number of likely N-dealkylation sites (tertiary alicyclic amines) is 1. The lowest BCUT2D eigenvalue weighted by atomic mass is 9.97. The van der Waals surface area contributed by atoms with Crippen molar-refractivity contribution in [2.75, 3.05) is 18.9 Å². The van der Waals surface area contributed by atoms with Crippen molar-refractivity contribution in [1.29, 1.82) is 0 Å². The molecule has 0 spiro atoms. The molecule has 0 unspecified atom stereocenters. The monoisotopic (exact) mass is 278 g/mol. The van der Waals surface area contributed by atoms with Gasteiger partial charge in [0.1, 0.15) is 18.5 Å². The number of aliphatic hydroxyl groups excluding tert-OH is 1. The van der Waals surface area contributed by atoms with Gasteiger partial charge >= 0.3 is 0 Å². The van der Waals surface area contributed by atoms with Crippen LogP contribution in [0.2, 0.25) is 0 Å². The van der Waals surface area contributed by atoms with Gasteiger partial charge in [-0.25, -0.2) is 0 Å². The molecule has 0 bridgehead atoms. The van der Waals surface area contributed by atoms with Crippen molar-refractivity contribution >= 4 is 5.69 Å². The van der Waals surface area contributed by atoms with E-state index in [9.17, 15) is 5.11 Å². The van der Waals surface area contributed by atoms with Gasteiger partial charge in [-0.3, -0.25) is 4.90 Å². The summed E-state index contributed by atoms with van der Waals surface area (Å²) in [5.74, 6) is 0.748. The molecule has 1 fully saturated rings. The molecule has 3 atom stereocenters. The minimum Gasteiger partial charge on any atom is -0.491 e. The smallest absolute Gasteiger partial charge is 0.119 e. The topological polar surface area (TPSA) is 58.7 Å². The van der Waals surface area contributed by atoms with Gasteiger partial charge < -0.3 is 15.6 Å². The maximum absolute atomic E-state index is 10.2. The zero-order chi connectivity index (χ0) is 14.5. The molecule has 20 heavy (non-hydrogen) atoms. The average molecular weight is 278 g/mol. The molecule has 0 saturated carbocycles. The van der Waals surface area contributed by atoms with Gasteiger partial charge in [0.05, 0.1) is 0 Å². The van der Waals surface area contributed by atoms with Crippen molar-refractivity contribution in [3.63, 3.8) is 0 Å². The summed E-state index contributed by atoms with van der Waals surface area (Å²) in [7, 11) is 0. The number of hydrogen-bond acceptors (Lipinski definition) is 4. The number of anilines is 1. The van der Waals surface area contributed by atoms with E-state index in [-0.39, 0.29) is 0 Å². The highest BCUT2D eigenvalue weighted by molar-refractivity contribution is 5.41. The van der Waals surface area contributed by atoms with Crippen molar-refractivity contribution in [1.82, 2.24) is 4.90 Å². The van der Waals surface area contributed by atoms with Gasteiger partial charge in [-0.1, -0.05) is 6.42 Å². The molecule has 1 heterocycles. The summed E-state index contributed by atoms with van der Waals surface area (Å²) >= 11 is 0. The Labute approximate surface area is 121 Å². The fourth-order valence-corrected chi connectivity index (χ4v) is 2.89. The largest absolute Gasteiger partial charge is 0.491 e. The SMILES string of the molecule is C[C@@H]1CCC[C@H](C)N1C[C@@H](O)COc1ccc(N)cc1. The van der Waals surface area contributed by atoms with Gasteiger partial charge in [0, 0.05) is 24.3 Å². The van der Waals surface area contributed by atoms with E-state index in [0.717, 1.165) is 5.75 Å². The Bertz CT molecular complexity index is 397. The number of piperidine rings is 1. The van der Waals surface area contributed by atoms with Gasteiger partial charge in [0.15, 0.2) is 0 Å². The van der Waals surface area contributed by atoms with Crippen LogP contribution in [-0.2, 0) is 0 Å². The molecule has 1 aromatic rings. The third kappa shape index (κ3) is 4.12. The van der Waals surface area contributed by atoms with E-state index in [2.05, 4.69) is 18.7 Å². The normalized spacial score (nSPS) is 25.4. The van der Waals surface area contributed by atoms with Crippen LogP contribution in [0, 0.1) is 0 Å². The van der Waals surface area contributed by atoms with Crippen molar-refractivity contribution in [2.24, 2.45) is 0 Å². The second-order valence-electron chi connectivity index (χ2n) is 5.86. The molecule has 4 heteroatoms. The molecular formula is C16H26N2O2. The van der Waals surface area contributed by atoms with E-state index in [4.69, 9.17) is 10.5 Å². The summed E-state index contributed by atoms with van der Waals surface area (Å²) in [4.78, 5) is 2.39. The number of rotatable bonds is 5. The van der Waals surface area contributed by atoms with Crippen molar-refractivity contribution in [2.45, 2.75) is 51.3 Å². The fourth-order valence-electron chi connectivity index (χ4n) is 2.89. The lowest BCUT2D eigenvalue weighted by Crippen LogP contribution is -2.48. The van der Waals surface area contributed by atoms with Crippen LogP contribution in [0.1, 0.15) is 33.1 Å². The highest BCUT2D eigenvalue weighted by Crippen LogP contribution is 2.22. The molecule has 4 nitrogen and oxygen atoms in total. The number of nitrogens with zero attached hydrogens (tertiary/aromatic N) is 1. The summed E-state index contributed by atoms with van der Waals surface area (Å²) in [6.07, 6.45) is 3.26. The predicted octanol–water partition coefficient (Wildman–Crippen LogP) is 2.27. The first-order valence-corrected chi connectivity index (χ1v) is 7.48. The fraction of sp³-hybridized carbons (Fsp3) is 0.625. The van der Waals surface area contributed by atoms with Crippen molar-refractivity contribution in [3.05, 3.63) is 24.3 Å². The number of nitrogen functional groups attached to an aromatic ring is 1. The van der Waals surface area contributed by atoms with Gasteiger partial charge in [-0.05, 0) is 51.0 Å². The molecule has 1 saturated heterocycles. The van der Waals surface area contributed by atoms with Gasteiger partial charge in [0.2, 0.25) is 0 Å². The highest BCUT2D eigenvalue weighted by atomic mass is 16.5. The molecule has 2 rings (SSSR count). The average Bonchev–Trinajstić information content (AvgIpc) is 2.42. The van der Waals surface area contributed by atoms with Crippen LogP contribution >= 0.6 is 0 Å². The van der Waals surface area contributed by atoms with E-state index in [1.54, 1.807) is 12.1 Å². The summed E-state index contributed by atoms with van der Waals surface area (Å²) in [5.41, 5.74) is 6.34. The number of hydrogen-bond donors (Lipinski definition) is 2. The molecule has 3 N–H and O–H groups in total. The van der Waals surface area contributed by atoms with Gasteiger partial charge in [-0.15, -0.1) is 0 Å². The Morgan fingerprint density at radius 1 is 1.25 bits per heavy atom. The standard InChI is InChI=1S/C16H26N2O2/c1-12-4-3-5-13(2)18(12)10-15(19)11-20-16-8-6-14(17)7-9-16/h6-9,12-13,15,19H,3-5,10-11,17H2,1-2H3/t12-,13+,15-/m1/s1. The first-order valence-electron chi connectivity index (χ1n) is 7.48. The van der Waals surface area contributed by atoms with Crippen molar-refractivity contribution in [3.8, 4) is 5.75 Å². The lowest BCUT2D eigenvalue weighted by Gasteiger charge is -2.40. The van der Waals surface area contributed by atoms with Crippen LogP contribution in [0.5, 0.6) is 5.75 Å². The van der Waals surface area contributed by atoms with Crippen molar-refractivity contribution < 1.29 is 9.84 Å². The Morgan fingerprint density at radius 2 is 1.85 bits per heavy atom. The zero-order valence-corrected chi connectivity index (χ0v) is 12.5. The second kappa shape index (κ2) is 6.95. The maximum Gasteiger partial charge on any atom is 0.119 e. The van der Waals surface area contributed by atoms with E-state index in [1.807, 2.05) is 12.1 Å². The van der Waals surface area contributed by atoms with E-state index >= 15 is 0 Å². The van der Waals surface area contributed by atoms with Crippen LogP contribution in [0.4, 0.5) is 5.69 Å². The quantitative estimate of drug-likeness (QED) is 0.811. The van der Waals surface area contributed by atoms with Gasteiger partial charge in [0.25, 0.3) is 0 Å². The van der Waals surface area contributed by atoms with E-state index in [1.165, 1.54) is 19.3 Å². The minimum atomic E-state index is -0.462. The molecule has 1 aromatic carbocycles. The number of benzene rings is 1. The zero-order valence-electron chi connectivity index (χ0n) is 12.5. The van der Waals surface area contributed by atoms with Crippen LogP contribution in [0.15, 0.2) is 24.3 Å². The molecule has 0 aliphatic carbocycles. The Kier molecular flexibility index (Phi) is 5.26. The maximum atomic E-state index is 10.2. The molecule has 0 amide bonds. The molecular weight excluding hydrogens is 252 g/mol. The highest BCUT2D eigenvalue weighted by Gasteiger charge is 2.26. The third-order valence-corrected chi connectivity index (χ3v) is 4.12. The number of aliphatic hydroxyl groups is 1. The molecule has 0 radical (unpaired) electrons. The Morgan fingerprint density at radius 3 is 2.45 bits per heavy atom. The number of nitrogens with two attached hydrogens (primary N) is 1.